The molecule has 0 unspecified atom stereocenters. The second-order valence-corrected chi connectivity index (χ2v) is 6.82. The highest BCUT2D eigenvalue weighted by Gasteiger charge is 2.22. The molecule has 11 nitrogen and oxygen atoms in total. The first-order valence-electron chi connectivity index (χ1n) is 9.08. The Hall–Kier alpha value is -3.76. The van der Waals surface area contributed by atoms with Crippen molar-refractivity contribution in [1.29, 1.82) is 0 Å². The van der Waals surface area contributed by atoms with E-state index in [-0.39, 0.29) is 23.7 Å². The first kappa shape index (κ1) is 18.6. The van der Waals surface area contributed by atoms with Crippen molar-refractivity contribution >= 4 is 28.3 Å². The Kier molecular flexibility index (Phi) is 4.71. The fraction of sp³-hybridized carbons (Fsp3) is 0.333. The van der Waals surface area contributed by atoms with Crippen LogP contribution in [-0.2, 0) is 18.4 Å². The van der Waals surface area contributed by atoms with Crippen molar-refractivity contribution in [1.82, 2.24) is 24.2 Å². The van der Waals surface area contributed by atoms with Gasteiger partial charge in [0.2, 0.25) is 5.91 Å². The minimum absolute atomic E-state index is 0.0483. The Morgan fingerprint density at radius 3 is 2.52 bits per heavy atom. The van der Waals surface area contributed by atoms with Gasteiger partial charge in [0.25, 0.3) is 11.2 Å². The van der Waals surface area contributed by atoms with Crippen LogP contribution in [0.1, 0.15) is 0 Å². The number of hydrogen-bond acceptors (Lipinski definition) is 7. The van der Waals surface area contributed by atoms with Gasteiger partial charge in [-0.3, -0.25) is 29.0 Å². The molecule has 29 heavy (non-hydrogen) atoms. The molecule has 0 aliphatic carbocycles. The molecule has 1 aliphatic heterocycles. The van der Waals surface area contributed by atoms with Crippen LogP contribution >= 0.6 is 0 Å². The molecular formula is C18H19N7O4. The smallest absolute Gasteiger partial charge is 0.269 e. The molecule has 1 fully saturated rings. The highest BCUT2D eigenvalue weighted by atomic mass is 16.6. The number of carbonyl (C=O) groups is 1. The summed E-state index contributed by atoms with van der Waals surface area (Å²) in [6, 6.07) is 6.37. The summed E-state index contributed by atoms with van der Waals surface area (Å²) in [5, 5.41) is 15.2. The molecule has 0 saturated carbocycles. The second kappa shape index (κ2) is 7.34. The lowest BCUT2D eigenvalue weighted by molar-refractivity contribution is -0.384. The van der Waals surface area contributed by atoms with Gasteiger partial charge in [0, 0.05) is 51.0 Å². The van der Waals surface area contributed by atoms with Crippen molar-refractivity contribution in [3.8, 4) is 0 Å². The van der Waals surface area contributed by atoms with Gasteiger partial charge in [0.15, 0.2) is 5.65 Å². The van der Waals surface area contributed by atoms with Crippen LogP contribution < -0.4 is 10.5 Å². The van der Waals surface area contributed by atoms with Crippen LogP contribution in [0.25, 0.3) is 11.0 Å². The number of nitrogens with zero attached hydrogens (tertiary/aromatic N) is 7. The lowest BCUT2D eigenvalue weighted by Gasteiger charge is -2.36. The molecular weight excluding hydrogens is 378 g/mol. The molecule has 2 aromatic heterocycles. The van der Waals surface area contributed by atoms with E-state index in [2.05, 4.69) is 15.0 Å². The average Bonchev–Trinajstić information content (AvgIpc) is 3.11. The summed E-state index contributed by atoms with van der Waals surface area (Å²) in [7, 11) is 1.70. The van der Waals surface area contributed by atoms with E-state index in [9.17, 15) is 19.7 Å². The van der Waals surface area contributed by atoms with E-state index < -0.39 is 4.92 Å². The zero-order valence-electron chi connectivity index (χ0n) is 15.8. The average molecular weight is 397 g/mol. The van der Waals surface area contributed by atoms with E-state index in [1.54, 1.807) is 24.1 Å². The van der Waals surface area contributed by atoms with E-state index in [1.807, 2.05) is 0 Å². The number of rotatable bonds is 4. The van der Waals surface area contributed by atoms with E-state index in [0.717, 1.165) is 5.69 Å². The predicted molar refractivity (Wildman–Crippen MR) is 105 cm³/mol. The largest absolute Gasteiger partial charge is 0.368 e. The fourth-order valence-electron chi connectivity index (χ4n) is 3.42. The van der Waals surface area contributed by atoms with Crippen molar-refractivity contribution in [2.75, 3.05) is 31.1 Å². The number of aryl methyl sites for hydroxylation is 1. The maximum atomic E-state index is 12.6. The van der Waals surface area contributed by atoms with Gasteiger partial charge < -0.3 is 9.80 Å². The Labute approximate surface area is 164 Å². The van der Waals surface area contributed by atoms with Gasteiger partial charge in [-0.1, -0.05) is 0 Å². The number of hydrogen-bond donors (Lipinski definition) is 0. The normalized spacial score (nSPS) is 14.4. The minimum Gasteiger partial charge on any atom is -0.368 e. The molecule has 1 saturated heterocycles. The summed E-state index contributed by atoms with van der Waals surface area (Å²) in [5.74, 6) is -0.152. The molecule has 0 atom stereocenters. The van der Waals surface area contributed by atoms with Crippen LogP contribution in [0.2, 0.25) is 0 Å². The molecule has 1 aromatic carbocycles. The lowest BCUT2D eigenvalue weighted by Crippen LogP contribution is -2.50. The zero-order valence-corrected chi connectivity index (χ0v) is 15.8. The predicted octanol–water partition coefficient (Wildman–Crippen LogP) is 0.387. The first-order chi connectivity index (χ1) is 13.9. The molecule has 0 radical (unpaired) electrons. The topological polar surface area (TPSA) is 119 Å². The molecule has 0 N–H and O–H groups in total. The van der Waals surface area contributed by atoms with Gasteiger partial charge in [0.1, 0.15) is 18.3 Å². The van der Waals surface area contributed by atoms with Crippen LogP contribution in [0.5, 0.6) is 0 Å². The van der Waals surface area contributed by atoms with Crippen LogP contribution in [0.4, 0.5) is 11.4 Å². The number of carbonyl (C=O) groups excluding carboxylic acids is 1. The summed E-state index contributed by atoms with van der Waals surface area (Å²) in [6.07, 6.45) is 2.83. The van der Waals surface area contributed by atoms with Crippen molar-refractivity contribution in [2.24, 2.45) is 7.05 Å². The van der Waals surface area contributed by atoms with Crippen molar-refractivity contribution < 1.29 is 9.72 Å². The van der Waals surface area contributed by atoms with Crippen molar-refractivity contribution in [3.05, 3.63) is 57.3 Å². The second-order valence-electron chi connectivity index (χ2n) is 6.82. The minimum atomic E-state index is -0.431. The van der Waals surface area contributed by atoms with Gasteiger partial charge >= 0.3 is 0 Å². The Morgan fingerprint density at radius 1 is 1.17 bits per heavy atom. The molecule has 1 aliphatic rings. The Balaban J connectivity index is 1.40. The number of amides is 1. The monoisotopic (exact) mass is 397 g/mol. The lowest BCUT2D eigenvalue weighted by atomic mass is 10.2. The molecule has 150 valence electrons. The molecule has 11 heteroatoms. The number of nitro benzene ring substituents is 1. The summed E-state index contributed by atoms with van der Waals surface area (Å²) < 4.78 is 2.81. The van der Waals surface area contributed by atoms with Crippen LogP contribution in [0.3, 0.4) is 0 Å². The van der Waals surface area contributed by atoms with Crippen LogP contribution in [-0.4, -0.2) is 61.2 Å². The fourth-order valence-corrected chi connectivity index (χ4v) is 3.42. The molecule has 3 heterocycles. The highest BCUT2D eigenvalue weighted by molar-refractivity contribution is 5.77. The standard InChI is InChI=1S/C18H19N7O4/c1-21-17-15(10-20-21)18(27)24(12-19-17)11-16(26)23-8-6-22(7-9-23)13-2-4-14(5-3-13)25(28)29/h2-5,10,12H,6-9,11H2,1H3. The SMILES string of the molecule is Cn1ncc2c(=O)n(CC(=O)N3CCN(c4ccc([N+](=O)[O-])cc4)CC3)cnc21. The van der Waals surface area contributed by atoms with Gasteiger partial charge in [0.05, 0.1) is 11.1 Å². The first-order valence-corrected chi connectivity index (χ1v) is 9.08. The van der Waals surface area contributed by atoms with E-state index in [4.69, 9.17) is 0 Å². The number of piperazine rings is 1. The van der Waals surface area contributed by atoms with E-state index in [1.165, 1.54) is 33.9 Å². The van der Waals surface area contributed by atoms with Crippen LogP contribution in [0, 0.1) is 10.1 Å². The quantitative estimate of drug-likeness (QED) is 0.461. The number of nitro groups is 1. The molecule has 4 rings (SSSR count). The maximum absolute atomic E-state index is 12.6. The molecule has 3 aromatic rings. The summed E-state index contributed by atoms with van der Waals surface area (Å²) in [5.41, 5.74) is 1.12. The summed E-state index contributed by atoms with van der Waals surface area (Å²) >= 11 is 0. The summed E-state index contributed by atoms with van der Waals surface area (Å²) in [4.78, 5) is 43.5. The highest BCUT2D eigenvalue weighted by Crippen LogP contribution is 2.20. The van der Waals surface area contributed by atoms with Gasteiger partial charge in [-0.2, -0.15) is 5.10 Å². The number of anilines is 1. The number of aromatic nitrogens is 4. The van der Waals surface area contributed by atoms with Gasteiger partial charge in [-0.25, -0.2) is 4.98 Å². The summed E-state index contributed by atoms with van der Waals surface area (Å²) in [6.45, 7) is 2.16. The number of benzene rings is 1. The molecule has 0 bridgehead atoms. The number of fused-ring (bicyclic) bond motifs is 1. The molecule has 1 amide bonds. The molecule has 0 spiro atoms. The third-order valence-corrected chi connectivity index (χ3v) is 5.08. The van der Waals surface area contributed by atoms with Crippen LogP contribution in [0.15, 0.2) is 41.6 Å². The third kappa shape index (κ3) is 3.53. The van der Waals surface area contributed by atoms with E-state index >= 15 is 0 Å². The van der Waals surface area contributed by atoms with Gasteiger partial charge in [-0.15, -0.1) is 0 Å². The van der Waals surface area contributed by atoms with Gasteiger partial charge in [-0.05, 0) is 12.1 Å². The van der Waals surface area contributed by atoms with Crippen molar-refractivity contribution in [3.63, 3.8) is 0 Å². The maximum Gasteiger partial charge on any atom is 0.269 e. The Morgan fingerprint density at radius 2 is 1.86 bits per heavy atom. The Bertz CT molecular complexity index is 1130. The van der Waals surface area contributed by atoms with Crippen molar-refractivity contribution in [2.45, 2.75) is 6.54 Å². The third-order valence-electron chi connectivity index (χ3n) is 5.08. The zero-order chi connectivity index (χ0) is 20.5. The van der Waals surface area contributed by atoms with E-state index in [0.29, 0.717) is 37.2 Å². The number of non-ortho nitro benzene ring substituents is 1.